The first-order chi connectivity index (χ1) is 6.77. The van der Waals surface area contributed by atoms with Gasteiger partial charge in [-0.1, -0.05) is 12.8 Å². The topological polar surface area (TPSA) is 67.5 Å². The van der Waals surface area contributed by atoms with E-state index < -0.39 is 4.92 Å². The summed E-state index contributed by atoms with van der Waals surface area (Å²) in [5.74, 6) is 0. The van der Waals surface area contributed by atoms with Crippen molar-refractivity contribution in [2.45, 2.75) is 37.8 Å². The molecule has 0 radical (unpaired) electrons. The Balaban J connectivity index is 2.14. The zero-order valence-corrected chi connectivity index (χ0v) is 7.85. The monoisotopic (exact) mass is 195 g/mol. The highest BCUT2D eigenvalue weighted by atomic mass is 16.6. The van der Waals surface area contributed by atoms with Crippen molar-refractivity contribution in [3.05, 3.63) is 22.0 Å². The summed E-state index contributed by atoms with van der Waals surface area (Å²) in [7, 11) is 0. The lowest BCUT2D eigenvalue weighted by Crippen LogP contribution is -2.37. The summed E-state index contributed by atoms with van der Waals surface area (Å²) >= 11 is 0. The minimum atomic E-state index is -0.409. The molecule has 0 bridgehead atoms. The van der Waals surface area contributed by atoms with Gasteiger partial charge in [-0.3, -0.25) is 15.1 Å². The van der Waals surface area contributed by atoms with Gasteiger partial charge in [0.25, 0.3) is 0 Å². The largest absolute Gasteiger partial charge is 0.380 e. The number of nitrogens with zero attached hydrogens (tertiary/aromatic N) is 2. The van der Waals surface area contributed by atoms with E-state index in [1.807, 2.05) is 0 Å². The molecule has 2 aliphatic rings. The average molecular weight is 195 g/mol. The quantitative estimate of drug-likeness (QED) is 0.503. The van der Waals surface area contributed by atoms with Crippen molar-refractivity contribution >= 4 is 6.21 Å². The van der Waals surface area contributed by atoms with Gasteiger partial charge in [0.15, 0.2) is 0 Å². The Hall–Kier alpha value is -1.39. The van der Waals surface area contributed by atoms with E-state index in [9.17, 15) is 10.1 Å². The van der Waals surface area contributed by atoms with Crippen molar-refractivity contribution in [3.8, 4) is 0 Å². The van der Waals surface area contributed by atoms with Crippen LogP contribution in [-0.2, 0) is 0 Å². The fraction of sp³-hybridized carbons (Fsp3) is 0.667. The molecule has 0 aromatic carbocycles. The average Bonchev–Trinajstić information content (AvgIpc) is 2.39. The third-order valence-electron chi connectivity index (χ3n) is 2.78. The van der Waals surface area contributed by atoms with Gasteiger partial charge < -0.3 is 5.32 Å². The third kappa shape index (κ3) is 1.76. The van der Waals surface area contributed by atoms with E-state index >= 15 is 0 Å². The van der Waals surface area contributed by atoms with Crippen LogP contribution in [0.1, 0.15) is 25.7 Å². The maximum absolute atomic E-state index is 10.5. The molecule has 0 aromatic heterocycles. The van der Waals surface area contributed by atoms with Crippen LogP contribution in [-0.4, -0.2) is 23.2 Å². The van der Waals surface area contributed by atoms with Gasteiger partial charge >= 0.3 is 5.70 Å². The van der Waals surface area contributed by atoms with Gasteiger partial charge in [-0.15, -0.1) is 0 Å². The Morgan fingerprint density at radius 2 is 2.29 bits per heavy atom. The van der Waals surface area contributed by atoms with Gasteiger partial charge in [-0.25, -0.2) is 0 Å². The first kappa shape index (κ1) is 9.18. The molecule has 1 aliphatic carbocycles. The third-order valence-corrected chi connectivity index (χ3v) is 2.78. The molecule has 1 N–H and O–H groups in total. The Bertz CT molecular complexity index is 298. The fourth-order valence-corrected chi connectivity index (χ4v) is 1.99. The number of aliphatic imine (C=N–C) groups is 1. The van der Waals surface area contributed by atoms with Gasteiger partial charge in [-0.05, 0) is 12.8 Å². The molecule has 1 fully saturated rings. The SMILES string of the molecule is O=[N+]([O-])C1=CNC2CCCCC2N=C1. The van der Waals surface area contributed by atoms with Crippen LogP contribution in [0.3, 0.4) is 0 Å². The van der Waals surface area contributed by atoms with Crippen LogP contribution in [0.5, 0.6) is 0 Å². The highest BCUT2D eigenvalue weighted by Gasteiger charge is 2.26. The maximum atomic E-state index is 10.5. The van der Waals surface area contributed by atoms with Crippen molar-refractivity contribution in [2.24, 2.45) is 4.99 Å². The molecule has 76 valence electrons. The second kappa shape index (κ2) is 3.77. The van der Waals surface area contributed by atoms with E-state index in [-0.39, 0.29) is 17.8 Å². The first-order valence-corrected chi connectivity index (χ1v) is 4.91. The number of fused-ring (bicyclic) bond motifs is 1. The molecule has 0 amide bonds. The molecule has 1 aliphatic heterocycles. The Morgan fingerprint density at radius 1 is 1.50 bits per heavy atom. The lowest BCUT2D eigenvalue weighted by molar-refractivity contribution is -0.414. The molecule has 2 atom stereocenters. The molecule has 5 heteroatoms. The summed E-state index contributed by atoms with van der Waals surface area (Å²) in [5, 5.41) is 13.6. The lowest BCUT2D eigenvalue weighted by Gasteiger charge is -2.27. The second-order valence-electron chi connectivity index (χ2n) is 3.73. The molecule has 1 heterocycles. The van der Waals surface area contributed by atoms with Crippen LogP contribution in [0.15, 0.2) is 16.9 Å². The molecule has 5 nitrogen and oxygen atoms in total. The first-order valence-electron chi connectivity index (χ1n) is 4.91. The van der Waals surface area contributed by atoms with Crippen molar-refractivity contribution < 1.29 is 4.92 Å². The van der Waals surface area contributed by atoms with E-state index in [1.165, 1.54) is 25.3 Å². The van der Waals surface area contributed by atoms with Gasteiger partial charge in [0, 0.05) is 6.04 Å². The van der Waals surface area contributed by atoms with Crippen molar-refractivity contribution in [2.75, 3.05) is 0 Å². The van der Waals surface area contributed by atoms with Crippen LogP contribution in [0.2, 0.25) is 0 Å². The van der Waals surface area contributed by atoms with E-state index in [4.69, 9.17) is 0 Å². The summed E-state index contributed by atoms with van der Waals surface area (Å²) < 4.78 is 0. The smallest absolute Gasteiger partial charge is 0.302 e. The molecular formula is C9H13N3O2. The number of hydrogen-bond donors (Lipinski definition) is 1. The van der Waals surface area contributed by atoms with E-state index in [0.29, 0.717) is 0 Å². The standard InChI is InChI=1S/C9H13N3O2/c13-12(14)7-5-10-8-3-1-2-4-9(8)11-6-7/h5-6,8-10H,1-4H2. The molecule has 14 heavy (non-hydrogen) atoms. The van der Waals surface area contributed by atoms with Gasteiger partial charge in [-0.2, -0.15) is 0 Å². The minimum absolute atomic E-state index is 0.0550. The Morgan fingerprint density at radius 3 is 3.07 bits per heavy atom. The van der Waals surface area contributed by atoms with Crippen molar-refractivity contribution in [3.63, 3.8) is 0 Å². The summed E-state index contributed by atoms with van der Waals surface area (Å²) in [6.07, 6.45) is 7.30. The summed E-state index contributed by atoms with van der Waals surface area (Å²) in [6, 6.07) is 0.509. The fourth-order valence-electron chi connectivity index (χ4n) is 1.99. The number of allylic oxidation sites excluding steroid dienone is 1. The number of nitro groups is 1. The highest BCUT2D eigenvalue weighted by molar-refractivity contribution is 5.75. The number of nitrogens with one attached hydrogen (secondary N) is 1. The predicted octanol–water partition coefficient (Wildman–Crippen LogP) is 1.09. The van der Waals surface area contributed by atoms with Crippen LogP contribution in [0.25, 0.3) is 0 Å². The van der Waals surface area contributed by atoms with E-state index in [0.717, 1.165) is 12.8 Å². The minimum Gasteiger partial charge on any atom is -0.380 e. The van der Waals surface area contributed by atoms with Crippen LogP contribution in [0, 0.1) is 10.1 Å². The van der Waals surface area contributed by atoms with E-state index in [1.54, 1.807) is 0 Å². The second-order valence-corrected chi connectivity index (χ2v) is 3.73. The summed E-state index contributed by atoms with van der Waals surface area (Å²) in [5.41, 5.74) is 0.0550. The summed E-state index contributed by atoms with van der Waals surface area (Å²) in [4.78, 5) is 14.4. The normalized spacial score (nSPS) is 31.0. The van der Waals surface area contributed by atoms with Crippen molar-refractivity contribution in [1.82, 2.24) is 5.32 Å². The van der Waals surface area contributed by atoms with E-state index in [2.05, 4.69) is 10.3 Å². The maximum Gasteiger partial charge on any atom is 0.302 e. The number of rotatable bonds is 1. The summed E-state index contributed by atoms with van der Waals surface area (Å²) in [6.45, 7) is 0. The van der Waals surface area contributed by atoms with Crippen LogP contribution >= 0.6 is 0 Å². The van der Waals surface area contributed by atoms with Gasteiger partial charge in [0.1, 0.15) is 6.21 Å². The van der Waals surface area contributed by atoms with Gasteiger partial charge in [0.2, 0.25) is 0 Å². The number of hydrogen-bond acceptors (Lipinski definition) is 4. The lowest BCUT2D eigenvalue weighted by atomic mass is 9.91. The van der Waals surface area contributed by atoms with Gasteiger partial charge in [0.05, 0.1) is 17.2 Å². The van der Waals surface area contributed by atoms with Crippen LogP contribution < -0.4 is 5.32 Å². The van der Waals surface area contributed by atoms with Crippen LogP contribution in [0.4, 0.5) is 0 Å². The highest BCUT2D eigenvalue weighted by Crippen LogP contribution is 2.22. The molecular weight excluding hydrogens is 182 g/mol. The molecule has 0 saturated heterocycles. The predicted molar refractivity (Wildman–Crippen MR) is 52.7 cm³/mol. The molecule has 2 rings (SSSR count). The Labute approximate surface area is 82.1 Å². The molecule has 0 aromatic rings. The molecule has 2 unspecified atom stereocenters. The zero-order valence-electron chi connectivity index (χ0n) is 7.85. The molecule has 0 spiro atoms. The zero-order chi connectivity index (χ0) is 9.97. The Kier molecular flexibility index (Phi) is 2.47. The molecule has 1 saturated carbocycles. The van der Waals surface area contributed by atoms with Crippen molar-refractivity contribution in [1.29, 1.82) is 0 Å².